The number of rotatable bonds is 4. The molecule has 0 unspecified atom stereocenters. The minimum absolute atomic E-state index is 0.253. The fourth-order valence-electron chi connectivity index (χ4n) is 1.74. The van der Waals surface area contributed by atoms with Crippen LogP contribution in [0.3, 0.4) is 0 Å². The molecule has 1 aromatic carbocycles. The average Bonchev–Trinajstić information content (AvgIpc) is 2.46. The number of carbonyl (C=O) groups is 1. The van der Waals surface area contributed by atoms with E-state index in [2.05, 4.69) is 15.3 Å². The first-order valence-corrected chi connectivity index (χ1v) is 6.10. The van der Waals surface area contributed by atoms with Gasteiger partial charge < -0.3 is 10.2 Å². The smallest absolute Gasteiger partial charge is 0.274 e. The van der Waals surface area contributed by atoms with Crippen molar-refractivity contribution in [1.29, 1.82) is 0 Å². The number of nitrogens with one attached hydrogen (secondary N) is 1. The summed E-state index contributed by atoms with van der Waals surface area (Å²) in [6, 6.07) is 6.15. The van der Waals surface area contributed by atoms with E-state index in [0.29, 0.717) is 12.4 Å². The summed E-state index contributed by atoms with van der Waals surface area (Å²) in [6.07, 6.45) is 2.90. The minimum Gasteiger partial charge on any atom is -0.372 e. The van der Waals surface area contributed by atoms with E-state index < -0.39 is 0 Å². The lowest BCUT2D eigenvalue weighted by Gasteiger charge is -2.16. The van der Waals surface area contributed by atoms with Gasteiger partial charge in [0.1, 0.15) is 17.3 Å². The SMILES string of the molecule is CNc1cnc(C(=O)N(C)Cc2cccc(F)c2)cn1. The Balaban J connectivity index is 2.07. The summed E-state index contributed by atoms with van der Waals surface area (Å²) >= 11 is 0. The van der Waals surface area contributed by atoms with Gasteiger partial charge in [0, 0.05) is 20.6 Å². The van der Waals surface area contributed by atoms with Crippen LogP contribution in [0.4, 0.5) is 10.2 Å². The van der Waals surface area contributed by atoms with Gasteiger partial charge in [-0.05, 0) is 17.7 Å². The Morgan fingerprint density at radius 1 is 1.35 bits per heavy atom. The zero-order valence-electron chi connectivity index (χ0n) is 11.3. The first kappa shape index (κ1) is 13.9. The lowest BCUT2D eigenvalue weighted by Crippen LogP contribution is -2.27. The molecule has 2 aromatic rings. The lowest BCUT2D eigenvalue weighted by molar-refractivity contribution is 0.0778. The van der Waals surface area contributed by atoms with Gasteiger partial charge in [-0.25, -0.2) is 14.4 Å². The van der Waals surface area contributed by atoms with E-state index in [4.69, 9.17) is 0 Å². The van der Waals surface area contributed by atoms with Crippen molar-refractivity contribution >= 4 is 11.7 Å². The monoisotopic (exact) mass is 274 g/mol. The number of nitrogens with zero attached hydrogens (tertiary/aromatic N) is 3. The zero-order valence-corrected chi connectivity index (χ0v) is 11.3. The van der Waals surface area contributed by atoms with Gasteiger partial charge in [-0.2, -0.15) is 0 Å². The third-order valence-electron chi connectivity index (χ3n) is 2.78. The van der Waals surface area contributed by atoms with Crippen LogP contribution in [0.25, 0.3) is 0 Å². The molecule has 0 aliphatic carbocycles. The molecule has 0 spiro atoms. The maximum atomic E-state index is 13.1. The summed E-state index contributed by atoms with van der Waals surface area (Å²) in [7, 11) is 3.36. The van der Waals surface area contributed by atoms with Crippen molar-refractivity contribution in [2.45, 2.75) is 6.54 Å². The van der Waals surface area contributed by atoms with E-state index in [1.807, 2.05) is 0 Å². The van der Waals surface area contributed by atoms with E-state index in [0.717, 1.165) is 5.56 Å². The standard InChI is InChI=1S/C14H15FN4O/c1-16-13-8-17-12(7-18-13)14(20)19(2)9-10-4-3-5-11(15)6-10/h3-8H,9H2,1-2H3,(H,16,18). The van der Waals surface area contributed by atoms with E-state index in [1.165, 1.54) is 29.4 Å². The van der Waals surface area contributed by atoms with Crippen LogP contribution < -0.4 is 5.32 Å². The largest absolute Gasteiger partial charge is 0.372 e. The predicted octanol–water partition coefficient (Wildman–Crippen LogP) is 1.93. The highest BCUT2D eigenvalue weighted by Gasteiger charge is 2.14. The van der Waals surface area contributed by atoms with Crippen molar-refractivity contribution in [3.05, 3.63) is 53.7 Å². The fourth-order valence-corrected chi connectivity index (χ4v) is 1.74. The second-order valence-corrected chi connectivity index (χ2v) is 4.33. The van der Waals surface area contributed by atoms with Gasteiger partial charge >= 0.3 is 0 Å². The summed E-state index contributed by atoms with van der Waals surface area (Å²) < 4.78 is 13.1. The van der Waals surface area contributed by atoms with Crippen LogP contribution in [0.15, 0.2) is 36.7 Å². The molecule has 6 heteroatoms. The molecular weight excluding hydrogens is 259 g/mol. The molecule has 1 aromatic heterocycles. The van der Waals surface area contributed by atoms with Crippen LogP contribution in [0.5, 0.6) is 0 Å². The highest BCUT2D eigenvalue weighted by molar-refractivity contribution is 5.91. The van der Waals surface area contributed by atoms with Crippen LogP contribution in [-0.2, 0) is 6.54 Å². The molecule has 0 aliphatic rings. The van der Waals surface area contributed by atoms with Crippen LogP contribution in [0.1, 0.15) is 16.1 Å². The first-order valence-electron chi connectivity index (χ1n) is 6.10. The molecule has 0 saturated carbocycles. The number of hydrogen-bond donors (Lipinski definition) is 1. The van der Waals surface area contributed by atoms with Crippen molar-refractivity contribution in [1.82, 2.24) is 14.9 Å². The molecular formula is C14H15FN4O. The highest BCUT2D eigenvalue weighted by Crippen LogP contribution is 2.09. The number of halogens is 1. The van der Waals surface area contributed by atoms with Crippen LogP contribution in [0.2, 0.25) is 0 Å². The van der Waals surface area contributed by atoms with Crippen molar-refractivity contribution in [2.24, 2.45) is 0 Å². The summed E-state index contributed by atoms with van der Waals surface area (Å²) in [5.41, 5.74) is 0.976. The van der Waals surface area contributed by atoms with Gasteiger partial charge in [0.15, 0.2) is 0 Å². The zero-order chi connectivity index (χ0) is 14.5. The van der Waals surface area contributed by atoms with Gasteiger partial charge in [-0.3, -0.25) is 4.79 Å². The summed E-state index contributed by atoms with van der Waals surface area (Å²) in [5.74, 6) is 0.0141. The Hall–Kier alpha value is -2.50. The van der Waals surface area contributed by atoms with Crippen molar-refractivity contribution in [3.63, 3.8) is 0 Å². The van der Waals surface area contributed by atoms with E-state index in [-0.39, 0.29) is 17.4 Å². The number of benzene rings is 1. The maximum Gasteiger partial charge on any atom is 0.274 e. The molecule has 1 heterocycles. The van der Waals surface area contributed by atoms with Crippen molar-refractivity contribution < 1.29 is 9.18 Å². The van der Waals surface area contributed by atoms with Gasteiger partial charge in [0.25, 0.3) is 5.91 Å². The topological polar surface area (TPSA) is 58.1 Å². The second kappa shape index (κ2) is 6.10. The Morgan fingerprint density at radius 2 is 2.15 bits per heavy atom. The van der Waals surface area contributed by atoms with Crippen LogP contribution in [0, 0.1) is 5.82 Å². The molecule has 2 rings (SSSR count). The second-order valence-electron chi connectivity index (χ2n) is 4.33. The normalized spacial score (nSPS) is 10.2. The lowest BCUT2D eigenvalue weighted by atomic mass is 10.2. The molecule has 0 bridgehead atoms. The third kappa shape index (κ3) is 3.28. The molecule has 0 saturated heterocycles. The number of anilines is 1. The molecule has 0 fully saturated rings. The quantitative estimate of drug-likeness (QED) is 0.925. The highest BCUT2D eigenvalue weighted by atomic mass is 19.1. The summed E-state index contributed by atoms with van der Waals surface area (Å²) in [5, 5.41) is 2.83. The number of hydrogen-bond acceptors (Lipinski definition) is 4. The maximum absolute atomic E-state index is 13.1. The van der Waals surface area contributed by atoms with Crippen molar-refractivity contribution in [2.75, 3.05) is 19.4 Å². The molecule has 0 atom stereocenters. The van der Waals surface area contributed by atoms with Gasteiger partial charge in [-0.1, -0.05) is 12.1 Å². The Labute approximate surface area is 116 Å². The molecule has 20 heavy (non-hydrogen) atoms. The Morgan fingerprint density at radius 3 is 2.75 bits per heavy atom. The number of amides is 1. The summed E-state index contributed by atoms with van der Waals surface area (Å²) in [4.78, 5) is 21.7. The molecule has 1 N–H and O–H groups in total. The molecule has 104 valence electrons. The fraction of sp³-hybridized carbons (Fsp3) is 0.214. The average molecular weight is 274 g/mol. The van der Waals surface area contributed by atoms with Gasteiger partial charge in [-0.15, -0.1) is 0 Å². The Kier molecular flexibility index (Phi) is 4.24. The minimum atomic E-state index is -0.318. The van der Waals surface area contributed by atoms with Crippen LogP contribution in [-0.4, -0.2) is 34.9 Å². The van der Waals surface area contributed by atoms with Crippen molar-refractivity contribution in [3.8, 4) is 0 Å². The predicted molar refractivity (Wildman–Crippen MR) is 73.8 cm³/mol. The van der Waals surface area contributed by atoms with Gasteiger partial charge in [0.2, 0.25) is 0 Å². The Bertz CT molecular complexity index is 600. The molecule has 0 aliphatic heterocycles. The molecule has 5 nitrogen and oxygen atoms in total. The van der Waals surface area contributed by atoms with Gasteiger partial charge in [0.05, 0.1) is 12.4 Å². The first-order chi connectivity index (χ1) is 9.60. The third-order valence-corrected chi connectivity index (χ3v) is 2.78. The van der Waals surface area contributed by atoms with E-state index in [1.54, 1.807) is 26.2 Å². The van der Waals surface area contributed by atoms with Crippen LogP contribution >= 0.6 is 0 Å². The molecule has 0 radical (unpaired) electrons. The number of aromatic nitrogens is 2. The van der Waals surface area contributed by atoms with E-state index >= 15 is 0 Å². The number of carbonyl (C=O) groups excluding carboxylic acids is 1. The van der Waals surface area contributed by atoms with E-state index in [9.17, 15) is 9.18 Å². The molecule has 1 amide bonds. The summed E-state index contributed by atoms with van der Waals surface area (Å²) in [6.45, 7) is 0.312.